The minimum absolute atomic E-state index is 0.498. The fraction of sp³-hybridized carbons (Fsp3) is 1.00. The lowest BCUT2D eigenvalue weighted by Gasteiger charge is -2.20. The van der Waals surface area contributed by atoms with Gasteiger partial charge in [0.25, 0.3) is 0 Å². The number of unbranched alkanes of at least 4 members (excludes halogenated alkanes) is 26. The average Bonchev–Trinajstić information content (AvgIpc) is 3.06. The predicted octanol–water partition coefficient (Wildman–Crippen LogP) is 10.8. The summed E-state index contributed by atoms with van der Waals surface area (Å²) in [6.07, 6.45) is 37.1. The Labute approximate surface area is 288 Å². The third-order valence-electron chi connectivity index (χ3n) is 8.93. The maximum absolute atomic E-state index is 13.4. The Balaban J connectivity index is 3.97. The Morgan fingerprint density at radius 1 is 0.413 bits per heavy atom. The van der Waals surface area contributed by atoms with Gasteiger partial charge in [0.1, 0.15) is 0 Å². The van der Waals surface area contributed by atoms with Crippen molar-refractivity contribution >= 4 is 7.75 Å². The third kappa shape index (κ3) is 36.8. The lowest BCUT2D eigenvalue weighted by Crippen LogP contribution is -2.34. The van der Waals surface area contributed by atoms with Crippen molar-refractivity contribution in [3.8, 4) is 0 Å². The number of rotatable bonds is 41. The smallest absolute Gasteiger partial charge is 0.329 e. The summed E-state index contributed by atoms with van der Waals surface area (Å²) < 4.78 is 25.2. The molecule has 0 aliphatic rings. The Kier molecular flexibility index (Phi) is 39.4. The van der Waals surface area contributed by atoms with Gasteiger partial charge in [-0.15, -0.1) is 0 Å². The van der Waals surface area contributed by atoms with E-state index < -0.39 is 7.75 Å². The summed E-state index contributed by atoms with van der Waals surface area (Å²) in [5.74, 6) is 0. The molecule has 0 saturated carbocycles. The van der Waals surface area contributed by atoms with Crippen LogP contribution in [0.4, 0.5) is 0 Å². The van der Waals surface area contributed by atoms with Crippen molar-refractivity contribution in [3.05, 3.63) is 0 Å². The summed E-state index contributed by atoms with van der Waals surface area (Å²) in [4.78, 5) is 0. The van der Waals surface area contributed by atoms with Crippen molar-refractivity contribution in [3.63, 3.8) is 0 Å². The van der Waals surface area contributed by atoms with Crippen LogP contribution in [0.5, 0.6) is 0 Å². The maximum Gasteiger partial charge on any atom is 0.405 e. The van der Waals surface area contributed by atoms with Gasteiger partial charge in [0, 0.05) is 39.3 Å². The van der Waals surface area contributed by atoms with E-state index in [1.165, 1.54) is 154 Å². The highest BCUT2D eigenvalue weighted by Crippen LogP contribution is 2.43. The van der Waals surface area contributed by atoms with E-state index >= 15 is 0 Å². The predicted molar refractivity (Wildman–Crippen MR) is 203 cm³/mol. The first kappa shape index (κ1) is 46.0. The molecule has 0 spiro atoms. The molecule has 7 nitrogen and oxygen atoms in total. The lowest BCUT2D eigenvalue weighted by atomic mass is 10.0. The highest BCUT2D eigenvalue weighted by molar-refractivity contribution is 7.51. The molecular weight excluding hydrogens is 591 g/mol. The van der Waals surface area contributed by atoms with Gasteiger partial charge in [-0.3, -0.25) is 9.05 Å². The molecular formula is C38H83N4O3P. The van der Waals surface area contributed by atoms with Gasteiger partial charge in [0.15, 0.2) is 0 Å². The van der Waals surface area contributed by atoms with Crippen molar-refractivity contribution in [1.82, 2.24) is 15.7 Å². The van der Waals surface area contributed by atoms with E-state index in [-0.39, 0.29) is 0 Å². The molecule has 0 saturated heterocycles. The van der Waals surface area contributed by atoms with Crippen LogP contribution in [0.3, 0.4) is 0 Å². The van der Waals surface area contributed by atoms with E-state index in [9.17, 15) is 4.57 Å². The van der Waals surface area contributed by atoms with Crippen molar-refractivity contribution in [2.24, 2.45) is 5.73 Å². The van der Waals surface area contributed by atoms with Gasteiger partial charge in [-0.05, 0) is 12.8 Å². The molecule has 0 heterocycles. The zero-order chi connectivity index (χ0) is 33.5. The molecule has 5 N–H and O–H groups in total. The molecule has 46 heavy (non-hydrogen) atoms. The number of nitrogens with two attached hydrogens (primary N) is 1. The molecule has 0 unspecified atom stereocenters. The molecule has 8 heteroatoms. The Hall–Kier alpha value is -0.0100. The largest absolute Gasteiger partial charge is 0.405 e. The van der Waals surface area contributed by atoms with Crippen LogP contribution in [0.2, 0.25) is 0 Å². The van der Waals surface area contributed by atoms with Crippen LogP contribution in [0, 0.1) is 0 Å². The van der Waals surface area contributed by atoms with Crippen molar-refractivity contribution in [2.75, 3.05) is 52.5 Å². The summed E-state index contributed by atoms with van der Waals surface area (Å²) in [6, 6.07) is 0. The van der Waals surface area contributed by atoms with Crippen LogP contribution in [-0.2, 0) is 13.6 Å². The first-order valence-electron chi connectivity index (χ1n) is 20.4. The van der Waals surface area contributed by atoms with Gasteiger partial charge in [-0.25, -0.2) is 9.65 Å². The second kappa shape index (κ2) is 39.4. The molecule has 0 atom stereocenters. The van der Waals surface area contributed by atoms with E-state index in [1.54, 1.807) is 0 Å². The fourth-order valence-corrected chi connectivity index (χ4v) is 7.28. The molecule has 0 rings (SSSR count). The molecule has 278 valence electrons. The van der Waals surface area contributed by atoms with Gasteiger partial charge >= 0.3 is 7.75 Å². The first-order valence-corrected chi connectivity index (χ1v) is 22.0. The first-order chi connectivity index (χ1) is 22.7. The summed E-state index contributed by atoms with van der Waals surface area (Å²) in [7, 11) is -3.28. The average molecular weight is 675 g/mol. The third-order valence-corrected chi connectivity index (χ3v) is 10.6. The SMILES string of the molecule is CCCCCCCCCCCCCCCCOP(=O)(NCCNCCNCCN)OCCCCCCCCCCCCCCCC. The minimum atomic E-state index is -3.28. The van der Waals surface area contributed by atoms with Crippen molar-refractivity contribution in [1.29, 1.82) is 0 Å². The van der Waals surface area contributed by atoms with Crippen LogP contribution < -0.4 is 21.5 Å². The summed E-state index contributed by atoms with van der Waals surface area (Å²) in [5, 5.41) is 9.74. The van der Waals surface area contributed by atoms with Gasteiger partial charge in [0.05, 0.1) is 13.2 Å². The van der Waals surface area contributed by atoms with E-state index in [2.05, 4.69) is 29.6 Å². The fourth-order valence-electron chi connectivity index (χ4n) is 5.90. The normalized spacial score (nSPS) is 12.0. The topological polar surface area (TPSA) is 97.6 Å². The number of nitrogens with one attached hydrogen (secondary N) is 3. The molecule has 0 aliphatic carbocycles. The molecule has 0 amide bonds. The van der Waals surface area contributed by atoms with Gasteiger partial charge in [-0.2, -0.15) is 0 Å². The molecule has 0 fully saturated rings. The van der Waals surface area contributed by atoms with Crippen LogP contribution in [0.15, 0.2) is 0 Å². The molecule has 0 aromatic rings. The van der Waals surface area contributed by atoms with E-state index in [0.29, 0.717) is 26.3 Å². The molecule has 0 aliphatic heterocycles. The van der Waals surface area contributed by atoms with E-state index in [4.69, 9.17) is 14.8 Å². The zero-order valence-corrected chi connectivity index (χ0v) is 32.1. The van der Waals surface area contributed by atoms with E-state index in [1.807, 2.05) is 0 Å². The second-order valence-electron chi connectivity index (χ2n) is 13.6. The molecule has 0 radical (unpaired) electrons. The standard InChI is InChI=1S/C38H83N4O3P/c1-3-5-7-9-11-13-15-17-19-21-23-25-27-29-37-44-46(43,42-36-35-41-34-33-40-32-31-39)45-38-30-28-26-24-22-20-18-16-14-12-10-8-6-4-2/h40-41H,3-39H2,1-2H3,(H,42,43). The van der Waals surface area contributed by atoms with Gasteiger partial charge < -0.3 is 16.4 Å². The monoisotopic (exact) mass is 675 g/mol. The van der Waals surface area contributed by atoms with Crippen molar-refractivity contribution in [2.45, 2.75) is 194 Å². The van der Waals surface area contributed by atoms with Crippen molar-refractivity contribution < 1.29 is 13.6 Å². The van der Waals surface area contributed by atoms with E-state index in [0.717, 1.165) is 51.9 Å². The van der Waals surface area contributed by atoms with Crippen LogP contribution in [0.1, 0.15) is 194 Å². The molecule has 0 bridgehead atoms. The number of hydrogen-bond donors (Lipinski definition) is 4. The quantitative estimate of drug-likeness (QED) is 0.0378. The Bertz CT molecular complexity index is 576. The van der Waals surface area contributed by atoms with Gasteiger partial charge in [-0.1, -0.05) is 181 Å². The lowest BCUT2D eigenvalue weighted by molar-refractivity contribution is 0.189. The highest BCUT2D eigenvalue weighted by atomic mass is 31.2. The molecule has 0 aromatic heterocycles. The van der Waals surface area contributed by atoms with Crippen LogP contribution in [-0.4, -0.2) is 52.5 Å². The summed E-state index contributed by atoms with van der Waals surface area (Å²) >= 11 is 0. The van der Waals surface area contributed by atoms with Gasteiger partial charge in [0.2, 0.25) is 0 Å². The van der Waals surface area contributed by atoms with Crippen LogP contribution >= 0.6 is 7.75 Å². The minimum Gasteiger partial charge on any atom is -0.329 e. The summed E-state index contributed by atoms with van der Waals surface area (Å²) in [5.41, 5.74) is 5.52. The zero-order valence-electron chi connectivity index (χ0n) is 31.2. The number of hydrogen-bond acceptors (Lipinski definition) is 6. The highest BCUT2D eigenvalue weighted by Gasteiger charge is 2.23. The summed E-state index contributed by atoms with van der Waals surface area (Å²) in [6.45, 7) is 10.1. The van der Waals surface area contributed by atoms with Crippen LogP contribution in [0.25, 0.3) is 0 Å². The molecule has 0 aromatic carbocycles. The Morgan fingerprint density at radius 2 is 0.696 bits per heavy atom. The Morgan fingerprint density at radius 3 is 1.02 bits per heavy atom. The maximum atomic E-state index is 13.4. The second-order valence-corrected chi connectivity index (χ2v) is 15.4.